The smallest absolute Gasteiger partial charge is 0.338 e. The highest BCUT2D eigenvalue weighted by atomic mass is 16.5. The van der Waals surface area contributed by atoms with Crippen LogP contribution in [0.3, 0.4) is 0 Å². The van der Waals surface area contributed by atoms with Gasteiger partial charge in [0.05, 0.1) is 5.56 Å². The van der Waals surface area contributed by atoms with Gasteiger partial charge in [0.15, 0.2) is 0 Å². The Hall–Kier alpha value is -3.27. The first-order valence-corrected chi connectivity index (χ1v) is 8.39. The van der Waals surface area contributed by atoms with Gasteiger partial charge < -0.3 is 14.4 Å². The van der Waals surface area contributed by atoms with Gasteiger partial charge >= 0.3 is 5.97 Å². The third-order valence-corrected chi connectivity index (χ3v) is 3.90. The zero-order valence-corrected chi connectivity index (χ0v) is 14.9. The van der Waals surface area contributed by atoms with Gasteiger partial charge in [-0.3, -0.25) is 0 Å². The minimum atomic E-state index is -0.358. The lowest BCUT2D eigenvalue weighted by atomic mass is 10.2. The van der Waals surface area contributed by atoms with E-state index in [-0.39, 0.29) is 12.6 Å². The highest BCUT2D eigenvalue weighted by molar-refractivity contribution is 5.90. The molecule has 0 heterocycles. The average Bonchev–Trinajstić information content (AvgIpc) is 2.68. The molecule has 0 fully saturated rings. The summed E-state index contributed by atoms with van der Waals surface area (Å²) in [6.45, 7) is 0.147. The molecule has 0 aliphatic rings. The summed E-state index contributed by atoms with van der Waals surface area (Å²) in [7, 11) is 3.86. The number of anilines is 1. The molecule has 0 saturated heterocycles. The molecule has 0 aliphatic heterocycles. The molecular weight excluding hydrogens is 326 g/mol. The van der Waals surface area contributed by atoms with Crippen LogP contribution in [0.1, 0.15) is 15.9 Å². The van der Waals surface area contributed by atoms with E-state index in [1.54, 1.807) is 6.07 Å². The summed E-state index contributed by atoms with van der Waals surface area (Å²) in [4.78, 5) is 14.3. The van der Waals surface area contributed by atoms with Gasteiger partial charge in [-0.15, -0.1) is 0 Å². The molecule has 0 spiro atoms. The predicted molar refractivity (Wildman–Crippen MR) is 103 cm³/mol. The molecule has 0 aliphatic carbocycles. The van der Waals surface area contributed by atoms with Gasteiger partial charge in [-0.05, 0) is 36.4 Å². The molecule has 0 unspecified atom stereocenters. The summed E-state index contributed by atoms with van der Waals surface area (Å²) in [5.41, 5.74) is 2.29. The number of benzene rings is 3. The van der Waals surface area contributed by atoms with Crippen molar-refractivity contribution >= 4 is 11.7 Å². The van der Waals surface area contributed by atoms with Crippen LogP contribution in [-0.4, -0.2) is 20.1 Å². The molecule has 26 heavy (non-hydrogen) atoms. The van der Waals surface area contributed by atoms with Gasteiger partial charge in [-0.1, -0.05) is 42.5 Å². The van der Waals surface area contributed by atoms with Crippen molar-refractivity contribution in [2.45, 2.75) is 6.61 Å². The number of hydrogen-bond donors (Lipinski definition) is 0. The third-order valence-electron chi connectivity index (χ3n) is 3.90. The van der Waals surface area contributed by atoms with E-state index in [0.29, 0.717) is 11.3 Å². The van der Waals surface area contributed by atoms with Gasteiger partial charge in [0, 0.05) is 25.3 Å². The third kappa shape index (κ3) is 4.42. The van der Waals surface area contributed by atoms with Crippen LogP contribution in [-0.2, 0) is 11.3 Å². The second-order valence-electron chi connectivity index (χ2n) is 6.04. The molecule has 0 aromatic heterocycles. The number of para-hydroxylation sites is 2. The van der Waals surface area contributed by atoms with E-state index in [2.05, 4.69) is 0 Å². The lowest BCUT2D eigenvalue weighted by molar-refractivity contribution is 0.0471. The highest BCUT2D eigenvalue weighted by Gasteiger charge is 2.11. The monoisotopic (exact) mass is 347 g/mol. The van der Waals surface area contributed by atoms with Crippen LogP contribution >= 0.6 is 0 Å². The summed E-state index contributed by atoms with van der Waals surface area (Å²) >= 11 is 0. The van der Waals surface area contributed by atoms with Crippen molar-refractivity contribution in [2.24, 2.45) is 0 Å². The molecule has 0 bridgehead atoms. The van der Waals surface area contributed by atoms with E-state index < -0.39 is 0 Å². The van der Waals surface area contributed by atoms with E-state index in [0.717, 1.165) is 17.0 Å². The molecule has 3 aromatic rings. The molecule has 0 saturated carbocycles. The topological polar surface area (TPSA) is 38.8 Å². The Balaban J connectivity index is 1.70. The Kier molecular flexibility index (Phi) is 5.54. The number of esters is 1. The molecule has 4 nitrogen and oxygen atoms in total. The van der Waals surface area contributed by atoms with Crippen molar-refractivity contribution in [2.75, 3.05) is 19.0 Å². The van der Waals surface area contributed by atoms with Crippen LogP contribution in [0.5, 0.6) is 11.5 Å². The zero-order valence-electron chi connectivity index (χ0n) is 14.9. The summed E-state index contributed by atoms with van der Waals surface area (Å²) in [6, 6.07) is 24.4. The summed E-state index contributed by atoms with van der Waals surface area (Å²) in [6.07, 6.45) is 0. The number of carbonyl (C=O) groups is 1. The fourth-order valence-corrected chi connectivity index (χ4v) is 2.48. The molecule has 3 rings (SSSR count). The molecular formula is C22H21NO3. The fourth-order valence-electron chi connectivity index (χ4n) is 2.48. The second-order valence-corrected chi connectivity index (χ2v) is 6.04. The fraction of sp³-hybridized carbons (Fsp3) is 0.136. The van der Waals surface area contributed by atoms with Crippen molar-refractivity contribution in [1.82, 2.24) is 0 Å². The maximum absolute atomic E-state index is 12.4. The van der Waals surface area contributed by atoms with Crippen LogP contribution in [0.4, 0.5) is 5.69 Å². The molecule has 3 aromatic carbocycles. The summed E-state index contributed by atoms with van der Waals surface area (Å²) < 4.78 is 11.4. The molecule has 4 heteroatoms. The van der Waals surface area contributed by atoms with Crippen LogP contribution in [0, 0.1) is 0 Å². The number of carbonyl (C=O) groups excluding carboxylic acids is 1. The Labute approximate surface area is 153 Å². The van der Waals surface area contributed by atoms with E-state index in [4.69, 9.17) is 9.47 Å². The number of ether oxygens (including phenoxy) is 2. The summed E-state index contributed by atoms with van der Waals surface area (Å²) in [5.74, 6) is 1.06. The van der Waals surface area contributed by atoms with E-state index in [9.17, 15) is 4.79 Å². The first kappa shape index (κ1) is 17.5. The Morgan fingerprint density at radius 3 is 2.38 bits per heavy atom. The van der Waals surface area contributed by atoms with Crippen LogP contribution < -0.4 is 9.64 Å². The zero-order chi connectivity index (χ0) is 18.4. The predicted octanol–water partition coefficient (Wildman–Crippen LogP) is 4.90. The molecule has 0 radical (unpaired) electrons. The first-order chi connectivity index (χ1) is 12.6. The van der Waals surface area contributed by atoms with E-state index in [1.807, 2.05) is 91.8 Å². The van der Waals surface area contributed by atoms with Crippen LogP contribution in [0.2, 0.25) is 0 Å². The standard InChI is InChI=1S/C22H21NO3/c1-23(2)19-11-8-10-17(15-19)22(24)25-16-18-9-6-7-14-21(18)26-20-12-4-3-5-13-20/h3-15H,16H2,1-2H3. The van der Waals surface area contributed by atoms with Gasteiger partial charge in [-0.25, -0.2) is 4.79 Å². The maximum atomic E-state index is 12.4. The maximum Gasteiger partial charge on any atom is 0.338 e. The van der Waals surface area contributed by atoms with Crippen molar-refractivity contribution in [3.8, 4) is 11.5 Å². The van der Waals surface area contributed by atoms with Gasteiger partial charge in [-0.2, -0.15) is 0 Å². The minimum absolute atomic E-state index is 0.147. The molecule has 0 amide bonds. The number of hydrogen-bond acceptors (Lipinski definition) is 4. The number of rotatable bonds is 6. The summed E-state index contributed by atoms with van der Waals surface area (Å²) in [5, 5.41) is 0. The highest BCUT2D eigenvalue weighted by Crippen LogP contribution is 2.26. The van der Waals surface area contributed by atoms with Crippen molar-refractivity contribution < 1.29 is 14.3 Å². The lowest BCUT2D eigenvalue weighted by Gasteiger charge is -2.14. The first-order valence-electron chi connectivity index (χ1n) is 8.39. The van der Waals surface area contributed by atoms with Gasteiger partial charge in [0.2, 0.25) is 0 Å². The lowest BCUT2D eigenvalue weighted by Crippen LogP contribution is -2.11. The molecule has 0 atom stereocenters. The van der Waals surface area contributed by atoms with Gasteiger partial charge in [0.1, 0.15) is 18.1 Å². The second kappa shape index (κ2) is 8.21. The van der Waals surface area contributed by atoms with Crippen molar-refractivity contribution in [1.29, 1.82) is 0 Å². The molecule has 132 valence electrons. The Bertz CT molecular complexity index is 875. The van der Waals surface area contributed by atoms with Crippen LogP contribution in [0.15, 0.2) is 78.9 Å². The van der Waals surface area contributed by atoms with Crippen molar-refractivity contribution in [3.63, 3.8) is 0 Å². The van der Waals surface area contributed by atoms with E-state index in [1.165, 1.54) is 0 Å². The SMILES string of the molecule is CN(C)c1cccc(C(=O)OCc2ccccc2Oc2ccccc2)c1. The van der Waals surface area contributed by atoms with Crippen LogP contribution in [0.25, 0.3) is 0 Å². The Morgan fingerprint density at radius 1 is 0.885 bits per heavy atom. The normalized spacial score (nSPS) is 10.2. The Morgan fingerprint density at radius 2 is 1.62 bits per heavy atom. The quantitative estimate of drug-likeness (QED) is 0.594. The number of nitrogens with zero attached hydrogens (tertiary/aromatic N) is 1. The molecule has 0 N–H and O–H groups in total. The van der Waals surface area contributed by atoms with Gasteiger partial charge in [0.25, 0.3) is 0 Å². The largest absolute Gasteiger partial charge is 0.457 e. The minimum Gasteiger partial charge on any atom is -0.457 e. The average molecular weight is 347 g/mol. The van der Waals surface area contributed by atoms with E-state index >= 15 is 0 Å². The van der Waals surface area contributed by atoms with Crippen molar-refractivity contribution in [3.05, 3.63) is 90.0 Å².